The maximum absolute atomic E-state index is 13.3. The van der Waals surface area contributed by atoms with E-state index < -0.39 is 11.6 Å². The largest absolute Gasteiger partial charge is 0.382 e. The topological polar surface area (TPSA) is 38.0 Å². The molecule has 0 unspecified atom stereocenters. The van der Waals surface area contributed by atoms with Gasteiger partial charge in [-0.25, -0.2) is 8.78 Å². The van der Waals surface area contributed by atoms with Crippen LogP contribution < -0.4 is 11.1 Å². The fraction of sp³-hybridized carbons (Fsp3) is 0.500. The van der Waals surface area contributed by atoms with Crippen molar-refractivity contribution in [2.75, 3.05) is 18.4 Å². The Labute approximate surface area is 93.8 Å². The van der Waals surface area contributed by atoms with Gasteiger partial charge in [-0.05, 0) is 36.9 Å². The third-order valence-electron chi connectivity index (χ3n) is 3.43. The molecule has 0 amide bonds. The molecule has 0 saturated heterocycles. The summed E-state index contributed by atoms with van der Waals surface area (Å²) >= 11 is 0. The van der Waals surface area contributed by atoms with Crippen LogP contribution in [0.5, 0.6) is 0 Å². The van der Waals surface area contributed by atoms with Crippen molar-refractivity contribution in [3.8, 4) is 0 Å². The van der Waals surface area contributed by atoms with E-state index in [1.165, 1.54) is 18.6 Å². The highest BCUT2D eigenvalue weighted by atomic mass is 19.1. The second-order valence-electron chi connectivity index (χ2n) is 4.54. The van der Waals surface area contributed by atoms with Gasteiger partial charge >= 0.3 is 0 Å². The summed E-state index contributed by atoms with van der Waals surface area (Å²) in [6.07, 6.45) is 3.35. The summed E-state index contributed by atoms with van der Waals surface area (Å²) in [6.45, 7) is 1.27. The molecule has 2 nitrogen and oxygen atoms in total. The van der Waals surface area contributed by atoms with E-state index in [1.54, 1.807) is 0 Å². The summed E-state index contributed by atoms with van der Waals surface area (Å²) < 4.78 is 26.0. The van der Waals surface area contributed by atoms with E-state index in [0.717, 1.165) is 18.9 Å². The van der Waals surface area contributed by atoms with Crippen LogP contribution in [0.3, 0.4) is 0 Å². The van der Waals surface area contributed by atoms with Crippen LogP contribution in [-0.2, 0) is 0 Å². The minimum Gasteiger partial charge on any atom is -0.382 e. The molecule has 1 aliphatic carbocycles. The molecule has 0 aromatic heterocycles. The van der Waals surface area contributed by atoms with Crippen molar-refractivity contribution in [1.29, 1.82) is 0 Å². The van der Waals surface area contributed by atoms with E-state index in [9.17, 15) is 8.78 Å². The lowest BCUT2D eigenvalue weighted by molar-refractivity contribution is 0.163. The van der Waals surface area contributed by atoms with Gasteiger partial charge in [-0.15, -0.1) is 0 Å². The number of hydrogen-bond donors (Lipinski definition) is 2. The fourth-order valence-corrected chi connectivity index (χ4v) is 2.05. The Hall–Kier alpha value is -1.16. The maximum atomic E-state index is 13.3. The molecule has 1 saturated carbocycles. The van der Waals surface area contributed by atoms with Crippen LogP contribution in [0.15, 0.2) is 18.2 Å². The van der Waals surface area contributed by atoms with Gasteiger partial charge in [0.1, 0.15) is 11.6 Å². The molecular formula is C12H16F2N2. The summed E-state index contributed by atoms with van der Waals surface area (Å²) in [5.74, 6) is -1.10. The number of halogens is 2. The van der Waals surface area contributed by atoms with Crippen molar-refractivity contribution in [2.45, 2.75) is 19.3 Å². The molecular weight excluding hydrogens is 210 g/mol. The predicted octanol–water partition coefficient (Wildman–Crippen LogP) is 2.51. The van der Waals surface area contributed by atoms with Gasteiger partial charge in [0.2, 0.25) is 0 Å². The lowest BCUT2D eigenvalue weighted by Gasteiger charge is -2.41. The van der Waals surface area contributed by atoms with Gasteiger partial charge in [-0.2, -0.15) is 0 Å². The smallest absolute Gasteiger partial charge is 0.149 e. The molecule has 0 aliphatic heterocycles. The Morgan fingerprint density at radius 3 is 2.56 bits per heavy atom. The third-order valence-corrected chi connectivity index (χ3v) is 3.43. The first-order valence-electron chi connectivity index (χ1n) is 5.54. The number of benzene rings is 1. The average molecular weight is 226 g/mol. The van der Waals surface area contributed by atoms with Gasteiger partial charge in [0, 0.05) is 12.6 Å². The lowest BCUT2D eigenvalue weighted by atomic mass is 9.69. The standard InChI is InChI=1S/C12H16F2N2/c13-9-2-3-11(10(14)6-9)16-8-12(7-15)4-1-5-12/h2-3,6,16H,1,4-5,7-8,15H2. The summed E-state index contributed by atoms with van der Waals surface area (Å²) in [4.78, 5) is 0. The van der Waals surface area contributed by atoms with E-state index in [1.807, 2.05) is 0 Å². The Kier molecular flexibility index (Phi) is 3.10. The first-order chi connectivity index (χ1) is 7.65. The first kappa shape index (κ1) is 11.3. The van der Waals surface area contributed by atoms with Crippen LogP contribution in [0.2, 0.25) is 0 Å². The minimum absolute atomic E-state index is 0.112. The van der Waals surface area contributed by atoms with Crippen molar-refractivity contribution in [3.63, 3.8) is 0 Å². The zero-order valence-electron chi connectivity index (χ0n) is 9.10. The Morgan fingerprint density at radius 2 is 2.06 bits per heavy atom. The van der Waals surface area contributed by atoms with Gasteiger partial charge in [0.25, 0.3) is 0 Å². The number of nitrogens with one attached hydrogen (secondary N) is 1. The van der Waals surface area contributed by atoms with E-state index in [4.69, 9.17) is 5.73 Å². The highest BCUT2D eigenvalue weighted by Gasteiger charge is 2.35. The zero-order valence-corrected chi connectivity index (χ0v) is 9.10. The van der Waals surface area contributed by atoms with Gasteiger partial charge < -0.3 is 11.1 Å². The third kappa shape index (κ3) is 2.16. The van der Waals surface area contributed by atoms with E-state index in [0.29, 0.717) is 18.8 Å². The highest BCUT2D eigenvalue weighted by molar-refractivity contribution is 5.45. The number of rotatable bonds is 4. The Bertz CT molecular complexity index is 370. The molecule has 1 aromatic carbocycles. The van der Waals surface area contributed by atoms with Crippen molar-refractivity contribution >= 4 is 5.69 Å². The summed E-state index contributed by atoms with van der Waals surface area (Å²) in [5, 5.41) is 3.01. The summed E-state index contributed by atoms with van der Waals surface area (Å²) in [5.41, 5.74) is 6.16. The number of hydrogen-bond acceptors (Lipinski definition) is 2. The van der Waals surface area contributed by atoms with E-state index >= 15 is 0 Å². The van der Waals surface area contributed by atoms with Crippen molar-refractivity contribution in [2.24, 2.45) is 11.1 Å². The van der Waals surface area contributed by atoms with E-state index in [2.05, 4.69) is 5.32 Å². The highest BCUT2D eigenvalue weighted by Crippen LogP contribution is 2.39. The van der Waals surface area contributed by atoms with Crippen molar-refractivity contribution < 1.29 is 8.78 Å². The molecule has 0 heterocycles. The van der Waals surface area contributed by atoms with Crippen molar-refractivity contribution in [3.05, 3.63) is 29.8 Å². The second-order valence-corrected chi connectivity index (χ2v) is 4.54. The van der Waals surface area contributed by atoms with Crippen LogP contribution in [0.25, 0.3) is 0 Å². The van der Waals surface area contributed by atoms with Gasteiger partial charge in [-0.3, -0.25) is 0 Å². The molecule has 16 heavy (non-hydrogen) atoms. The van der Waals surface area contributed by atoms with Crippen LogP contribution >= 0.6 is 0 Å². The second kappa shape index (κ2) is 4.37. The fourth-order valence-electron chi connectivity index (χ4n) is 2.05. The number of anilines is 1. The SMILES string of the molecule is NCC1(CNc2ccc(F)cc2F)CCC1. The van der Waals surface area contributed by atoms with Crippen molar-refractivity contribution in [1.82, 2.24) is 0 Å². The normalized spacial score (nSPS) is 17.9. The van der Waals surface area contributed by atoms with Gasteiger partial charge in [0.15, 0.2) is 0 Å². The van der Waals surface area contributed by atoms with E-state index in [-0.39, 0.29) is 5.41 Å². The van der Waals surface area contributed by atoms with Crippen LogP contribution in [0.4, 0.5) is 14.5 Å². The molecule has 1 aromatic rings. The monoisotopic (exact) mass is 226 g/mol. The molecule has 0 radical (unpaired) electrons. The molecule has 1 fully saturated rings. The summed E-state index contributed by atoms with van der Waals surface area (Å²) in [6, 6.07) is 3.56. The van der Waals surface area contributed by atoms with Gasteiger partial charge in [0.05, 0.1) is 5.69 Å². The van der Waals surface area contributed by atoms with Gasteiger partial charge in [-0.1, -0.05) is 6.42 Å². The predicted molar refractivity (Wildman–Crippen MR) is 60.2 cm³/mol. The molecule has 4 heteroatoms. The Morgan fingerprint density at radius 1 is 1.31 bits per heavy atom. The Balaban J connectivity index is 1.99. The lowest BCUT2D eigenvalue weighted by Crippen LogP contribution is -2.43. The average Bonchev–Trinajstić information content (AvgIpc) is 2.19. The molecule has 3 N–H and O–H groups in total. The molecule has 2 rings (SSSR count). The minimum atomic E-state index is -0.555. The molecule has 88 valence electrons. The quantitative estimate of drug-likeness (QED) is 0.827. The number of nitrogens with two attached hydrogens (primary N) is 1. The first-order valence-corrected chi connectivity index (χ1v) is 5.54. The van der Waals surface area contributed by atoms with Crippen LogP contribution in [-0.4, -0.2) is 13.1 Å². The maximum Gasteiger partial charge on any atom is 0.149 e. The summed E-state index contributed by atoms with van der Waals surface area (Å²) in [7, 11) is 0. The zero-order chi connectivity index (χ0) is 11.6. The molecule has 0 spiro atoms. The molecule has 0 atom stereocenters. The molecule has 0 bridgehead atoms. The molecule has 1 aliphatic rings. The van der Waals surface area contributed by atoms with Crippen LogP contribution in [0.1, 0.15) is 19.3 Å². The van der Waals surface area contributed by atoms with Crippen LogP contribution in [0, 0.1) is 17.0 Å².